The van der Waals surface area contributed by atoms with E-state index in [-0.39, 0.29) is 23.6 Å². The number of nitrogens with zero attached hydrogens (tertiary/aromatic N) is 2. The molecule has 2 aromatic carbocycles. The number of halogens is 1. The molecular weight excluding hydrogens is 321 g/mol. The highest BCUT2D eigenvalue weighted by molar-refractivity contribution is 5.96. The van der Waals surface area contributed by atoms with E-state index in [1.54, 1.807) is 24.3 Å². The summed E-state index contributed by atoms with van der Waals surface area (Å²) in [6.45, 7) is 1.91. The van der Waals surface area contributed by atoms with Gasteiger partial charge in [0.05, 0.1) is 0 Å². The molecule has 126 valence electrons. The second-order valence-electron chi connectivity index (χ2n) is 6.23. The van der Waals surface area contributed by atoms with Crippen LogP contribution in [0.2, 0.25) is 0 Å². The van der Waals surface area contributed by atoms with Gasteiger partial charge >= 0.3 is 0 Å². The molecule has 1 fully saturated rings. The fraction of sp³-hybridized carbons (Fsp3) is 0.211. The van der Waals surface area contributed by atoms with E-state index in [0.717, 1.165) is 11.1 Å². The van der Waals surface area contributed by atoms with Crippen molar-refractivity contribution in [3.05, 3.63) is 65.8 Å². The topological polar surface area (TPSA) is 68.0 Å². The van der Waals surface area contributed by atoms with Gasteiger partial charge in [0.2, 0.25) is 18.2 Å². The lowest BCUT2D eigenvalue weighted by molar-refractivity contribution is -0.117. The predicted octanol–water partition coefficient (Wildman–Crippen LogP) is 3.93. The fourth-order valence-corrected chi connectivity index (χ4v) is 3.02. The molecule has 0 radical (unpaired) electrons. The van der Waals surface area contributed by atoms with Crippen LogP contribution in [0.25, 0.3) is 11.5 Å². The highest BCUT2D eigenvalue weighted by atomic mass is 19.1. The fourth-order valence-electron chi connectivity index (χ4n) is 3.02. The summed E-state index contributed by atoms with van der Waals surface area (Å²) in [6, 6.07) is 12.2. The summed E-state index contributed by atoms with van der Waals surface area (Å²) in [6.07, 6.45) is 1.92. The van der Waals surface area contributed by atoms with E-state index in [2.05, 4.69) is 15.5 Å². The van der Waals surface area contributed by atoms with Gasteiger partial charge in [0.15, 0.2) is 0 Å². The van der Waals surface area contributed by atoms with Crippen LogP contribution >= 0.6 is 0 Å². The number of rotatable bonds is 4. The molecule has 1 aromatic heterocycles. The van der Waals surface area contributed by atoms with Crippen molar-refractivity contribution in [1.82, 2.24) is 10.2 Å². The average molecular weight is 337 g/mol. The van der Waals surface area contributed by atoms with E-state index in [0.29, 0.717) is 23.6 Å². The van der Waals surface area contributed by atoms with Gasteiger partial charge in [-0.05, 0) is 48.6 Å². The number of hydrogen-bond acceptors (Lipinski definition) is 4. The molecule has 5 nitrogen and oxygen atoms in total. The van der Waals surface area contributed by atoms with Crippen molar-refractivity contribution in [2.24, 2.45) is 5.92 Å². The lowest BCUT2D eigenvalue weighted by Gasteiger charge is -2.10. The first-order valence-corrected chi connectivity index (χ1v) is 8.06. The molecule has 1 heterocycles. The van der Waals surface area contributed by atoms with E-state index in [1.165, 1.54) is 12.5 Å². The lowest BCUT2D eigenvalue weighted by atomic mass is 10.1. The van der Waals surface area contributed by atoms with Gasteiger partial charge in [-0.1, -0.05) is 24.3 Å². The number of benzene rings is 2. The first-order chi connectivity index (χ1) is 12.1. The van der Waals surface area contributed by atoms with Gasteiger partial charge in [0, 0.05) is 17.2 Å². The van der Waals surface area contributed by atoms with Crippen LogP contribution in [0.3, 0.4) is 0 Å². The molecule has 0 saturated heterocycles. The van der Waals surface area contributed by atoms with Crippen LogP contribution in [-0.2, 0) is 4.79 Å². The third kappa shape index (κ3) is 3.03. The highest BCUT2D eigenvalue weighted by Gasteiger charge is 2.45. The quantitative estimate of drug-likeness (QED) is 0.783. The molecule has 2 unspecified atom stereocenters. The minimum Gasteiger partial charge on any atom is -0.423 e. The molecule has 0 bridgehead atoms. The van der Waals surface area contributed by atoms with Gasteiger partial charge in [0.25, 0.3) is 0 Å². The van der Waals surface area contributed by atoms with Crippen LogP contribution in [0.15, 0.2) is 53.3 Å². The normalized spacial score (nSPS) is 18.8. The van der Waals surface area contributed by atoms with Crippen molar-refractivity contribution in [2.45, 2.75) is 19.3 Å². The Bertz CT molecular complexity index is 924. The number of nitrogens with one attached hydrogen (secondary N) is 1. The maximum Gasteiger partial charge on any atom is 0.247 e. The number of aromatic nitrogens is 2. The molecule has 1 aliphatic carbocycles. The minimum atomic E-state index is -0.252. The smallest absolute Gasteiger partial charge is 0.247 e. The maximum absolute atomic E-state index is 13.9. The summed E-state index contributed by atoms with van der Waals surface area (Å²) in [7, 11) is 0. The van der Waals surface area contributed by atoms with Gasteiger partial charge in [-0.3, -0.25) is 4.79 Å². The number of carbonyl (C=O) groups is 1. The molecule has 2 atom stereocenters. The first-order valence-electron chi connectivity index (χ1n) is 8.06. The number of anilines is 1. The molecule has 1 N–H and O–H groups in total. The van der Waals surface area contributed by atoms with Crippen LogP contribution in [0, 0.1) is 18.7 Å². The summed E-state index contributed by atoms with van der Waals surface area (Å²) in [4.78, 5) is 12.5. The minimum absolute atomic E-state index is 0.0550. The Hall–Kier alpha value is -3.02. The van der Waals surface area contributed by atoms with Crippen molar-refractivity contribution in [3.8, 4) is 11.5 Å². The largest absolute Gasteiger partial charge is 0.423 e. The number of hydrogen-bond donors (Lipinski definition) is 1. The van der Waals surface area contributed by atoms with Crippen LogP contribution < -0.4 is 5.32 Å². The van der Waals surface area contributed by atoms with Crippen LogP contribution in [0.4, 0.5) is 10.1 Å². The zero-order valence-electron chi connectivity index (χ0n) is 13.6. The zero-order valence-corrected chi connectivity index (χ0v) is 13.6. The van der Waals surface area contributed by atoms with E-state index in [9.17, 15) is 9.18 Å². The third-order valence-electron chi connectivity index (χ3n) is 4.53. The van der Waals surface area contributed by atoms with E-state index in [4.69, 9.17) is 4.42 Å². The molecule has 1 aliphatic rings. The van der Waals surface area contributed by atoms with Crippen LogP contribution in [0.1, 0.15) is 23.5 Å². The lowest BCUT2D eigenvalue weighted by Crippen LogP contribution is -2.15. The van der Waals surface area contributed by atoms with Crippen LogP contribution in [0.5, 0.6) is 0 Å². The summed E-state index contributed by atoms with van der Waals surface area (Å²) in [5.41, 5.74) is 2.97. The zero-order chi connectivity index (χ0) is 17.4. The van der Waals surface area contributed by atoms with Crippen molar-refractivity contribution in [1.29, 1.82) is 0 Å². The second-order valence-corrected chi connectivity index (χ2v) is 6.23. The Morgan fingerprint density at radius 1 is 1.28 bits per heavy atom. The van der Waals surface area contributed by atoms with Crippen molar-refractivity contribution >= 4 is 11.6 Å². The summed E-state index contributed by atoms with van der Waals surface area (Å²) in [5.74, 6) is -0.216. The number of aryl methyl sites for hydroxylation is 1. The van der Waals surface area contributed by atoms with Gasteiger partial charge < -0.3 is 9.73 Å². The van der Waals surface area contributed by atoms with Gasteiger partial charge in [-0.2, -0.15) is 0 Å². The summed E-state index contributed by atoms with van der Waals surface area (Å²) < 4.78 is 19.1. The molecule has 4 rings (SSSR count). The predicted molar refractivity (Wildman–Crippen MR) is 90.3 cm³/mol. The Kier molecular flexibility index (Phi) is 3.80. The molecule has 1 amide bonds. The van der Waals surface area contributed by atoms with E-state index >= 15 is 0 Å². The van der Waals surface area contributed by atoms with Crippen LogP contribution in [-0.4, -0.2) is 16.1 Å². The van der Waals surface area contributed by atoms with E-state index in [1.807, 2.05) is 19.1 Å². The SMILES string of the molecule is Cc1ccc(-c2nnco2)cc1NC(=O)C1CC1c1ccccc1F. The van der Waals surface area contributed by atoms with Crippen molar-refractivity contribution in [3.63, 3.8) is 0 Å². The molecular formula is C19H16FN3O2. The molecule has 25 heavy (non-hydrogen) atoms. The molecule has 0 spiro atoms. The Morgan fingerprint density at radius 3 is 2.88 bits per heavy atom. The standard InChI is InChI=1S/C19H16FN3O2/c1-11-6-7-12(19-23-21-10-25-19)8-17(11)22-18(24)15-9-14(15)13-4-2-3-5-16(13)20/h2-8,10,14-15H,9H2,1H3,(H,22,24). The molecule has 0 aliphatic heterocycles. The average Bonchev–Trinajstić information content (AvgIpc) is 3.21. The van der Waals surface area contributed by atoms with Crippen molar-refractivity contribution in [2.75, 3.05) is 5.32 Å². The number of amides is 1. The Balaban J connectivity index is 1.50. The maximum atomic E-state index is 13.9. The Morgan fingerprint density at radius 2 is 2.12 bits per heavy atom. The Labute approximate surface area is 143 Å². The van der Waals surface area contributed by atoms with Gasteiger partial charge in [-0.15, -0.1) is 10.2 Å². The second kappa shape index (κ2) is 6.12. The molecule has 1 saturated carbocycles. The van der Waals surface area contributed by atoms with E-state index < -0.39 is 0 Å². The summed E-state index contributed by atoms with van der Waals surface area (Å²) in [5, 5.41) is 10.5. The summed E-state index contributed by atoms with van der Waals surface area (Å²) >= 11 is 0. The monoisotopic (exact) mass is 337 g/mol. The molecule has 6 heteroatoms. The van der Waals surface area contributed by atoms with Gasteiger partial charge in [-0.25, -0.2) is 4.39 Å². The third-order valence-corrected chi connectivity index (χ3v) is 4.53. The highest BCUT2D eigenvalue weighted by Crippen LogP contribution is 2.48. The number of carbonyl (C=O) groups excluding carboxylic acids is 1. The van der Waals surface area contributed by atoms with Gasteiger partial charge in [0.1, 0.15) is 5.82 Å². The first kappa shape index (κ1) is 15.5. The van der Waals surface area contributed by atoms with Crippen molar-refractivity contribution < 1.29 is 13.6 Å². The molecule has 3 aromatic rings.